The number of anilines is 1. The highest BCUT2D eigenvalue weighted by molar-refractivity contribution is 8.00. The summed E-state index contributed by atoms with van der Waals surface area (Å²) in [6.07, 6.45) is 1.07. The number of benzene rings is 2. The lowest BCUT2D eigenvalue weighted by Crippen LogP contribution is -2.28. The third kappa shape index (κ3) is 6.39. The molecule has 0 saturated heterocycles. The van der Waals surface area contributed by atoms with Crippen molar-refractivity contribution in [3.8, 4) is 0 Å². The van der Waals surface area contributed by atoms with Gasteiger partial charge in [0, 0.05) is 10.6 Å². The fraction of sp³-hybridized carbons (Fsp3) is 0.235. The Kier molecular flexibility index (Phi) is 6.44. The summed E-state index contributed by atoms with van der Waals surface area (Å²) in [6, 6.07) is 12.8. The topological polar surface area (TPSA) is 75.3 Å². The highest BCUT2D eigenvalue weighted by Crippen LogP contribution is 2.22. The largest absolute Gasteiger partial charge is 0.349 e. The van der Waals surface area contributed by atoms with Crippen molar-refractivity contribution < 1.29 is 17.6 Å². The number of halogens is 1. The van der Waals surface area contributed by atoms with Gasteiger partial charge in [0.05, 0.1) is 18.1 Å². The Labute approximate surface area is 151 Å². The summed E-state index contributed by atoms with van der Waals surface area (Å²) in [5.74, 6) is -0.498. The van der Waals surface area contributed by atoms with Crippen molar-refractivity contribution in [2.24, 2.45) is 0 Å². The molecule has 0 bridgehead atoms. The van der Waals surface area contributed by atoms with E-state index in [1.54, 1.807) is 49.4 Å². The first-order chi connectivity index (χ1) is 11.7. The number of thioether (sulfide) groups is 1. The van der Waals surface area contributed by atoms with E-state index in [4.69, 9.17) is 0 Å². The van der Waals surface area contributed by atoms with E-state index in [2.05, 4.69) is 10.0 Å². The van der Waals surface area contributed by atoms with Crippen LogP contribution >= 0.6 is 11.8 Å². The minimum absolute atomic E-state index is 0.0898. The van der Waals surface area contributed by atoms with Gasteiger partial charge in [0.1, 0.15) is 5.82 Å². The molecule has 2 rings (SSSR count). The molecule has 1 atom stereocenters. The third-order valence-corrected chi connectivity index (χ3v) is 4.92. The second kappa shape index (κ2) is 8.35. The fourth-order valence-electron chi connectivity index (χ4n) is 2.16. The molecule has 134 valence electrons. The van der Waals surface area contributed by atoms with E-state index in [1.807, 2.05) is 0 Å². The molecule has 0 aliphatic carbocycles. The molecule has 1 unspecified atom stereocenters. The molecule has 8 heteroatoms. The van der Waals surface area contributed by atoms with Gasteiger partial charge >= 0.3 is 0 Å². The molecule has 25 heavy (non-hydrogen) atoms. The van der Waals surface area contributed by atoms with Crippen LogP contribution in [0.1, 0.15) is 18.5 Å². The Morgan fingerprint density at radius 1 is 1.20 bits per heavy atom. The number of nitrogens with one attached hydrogen (secondary N) is 2. The SMILES string of the molecule is CC(NC(=O)CSc1ccccc1F)c1cccc(NS(C)(=O)=O)c1. The van der Waals surface area contributed by atoms with E-state index in [0.717, 1.165) is 23.6 Å². The first kappa shape index (κ1) is 19.3. The van der Waals surface area contributed by atoms with Crippen LogP contribution in [0.2, 0.25) is 0 Å². The van der Waals surface area contributed by atoms with Crippen molar-refractivity contribution in [2.75, 3.05) is 16.7 Å². The predicted octanol–water partition coefficient (Wildman–Crippen LogP) is 3.17. The molecule has 0 aliphatic rings. The Morgan fingerprint density at radius 2 is 1.92 bits per heavy atom. The lowest BCUT2D eigenvalue weighted by molar-refractivity contribution is -0.119. The average molecular weight is 382 g/mol. The fourth-order valence-corrected chi connectivity index (χ4v) is 3.46. The van der Waals surface area contributed by atoms with E-state index >= 15 is 0 Å². The van der Waals surface area contributed by atoms with Gasteiger partial charge in [-0.3, -0.25) is 9.52 Å². The molecule has 0 aliphatic heterocycles. The minimum atomic E-state index is -3.36. The Hall–Kier alpha value is -2.06. The highest BCUT2D eigenvalue weighted by Gasteiger charge is 2.12. The third-order valence-electron chi connectivity index (χ3n) is 3.26. The summed E-state index contributed by atoms with van der Waals surface area (Å²) in [5, 5.41) is 2.82. The lowest BCUT2D eigenvalue weighted by atomic mass is 10.1. The first-order valence-corrected chi connectivity index (χ1v) is 10.4. The van der Waals surface area contributed by atoms with Crippen LogP contribution < -0.4 is 10.0 Å². The van der Waals surface area contributed by atoms with Crippen LogP contribution in [0.25, 0.3) is 0 Å². The van der Waals surface area contributed by atoms with Gasteiger partial charge < -0.3 is 5.32 Å². The maximum atomic E-state index is 13.5. The zero-order chi connectivity index (χ0) is 18.4. The number of carbonyl (C=O) groups is 1. The van der Waals surface area contributed by atoms with E-state index in [1.165, 1.54) is 6.07 Å². The van der Waals surface area contributed by atoms with Crippen LogP contribution in [0.3, 0.4) is 0 Å². The van der Waals surface area contributed by atoms with Crippen LogP contribution in [-0.2, 0) is 14.8 Å². The van der Waals surface area contributed by atoms with E-state index in [-0.39, 0.29) is 23.5 Å². The Balaban J connectivity index is 1.95. The van der Waals surface area contributed by atoms with Crippen LogP contribution in [0.5, 0.6) is 0 Å². The minimum Gasteiger partial charge on any atom is -0.349 e. The summed E-state index contributed by atoms with van der Waals surface area (Å²) in [4.78, 5) is 12.5. The van der Waals surface area contributed by atoms with E-state index in [0.29, 0.717) is 10.6 Å². The quantitative estimate of drug-likeness (QED) is 0.722. The standard InChI is InChI=1S/C17H19FN2O3S2/c1-12(13-6-5-7-14(10-13)20-25(2,22)23)19-17(21)11-24-16-9-4-3-8-15(16)18/h3-10,12,20H,11H2,1-2H3,(H,19,21). The van der Waals surface area contributed by atoms with Gasteiger partial charge in [0.15, 0.2) is 0 Å². The van der Waals surface area contributed by atoms with Gasteiger partial charge in [-0.25, -0.2) is 12.8 Å². The van der Waals surface area contributed by atoms with Crippen LogP contribution in [0, 0.1) is 5.82 Å². The molecular weight excluding hydrogens is 363 g/mol. The predicted molar refractivity (Wildman–Crippen MR) is 98.6 cm³/mol. The molecule has 1 amide bonds. The van der Waals surface area contributed by atoms with Crippen molar-refractivity contribution >= 4 is 33.4 Å². The molecule has 0 saturated carbocycles. The number of sulfonamides is 1. The van der Waals surface area contributed by atoms with Crippen molar-refractivity contribution in [1.82, 2.24) is 5.32 Å². The maximum Gasteiger partial charge on any atom is 0.230 e. The smallest absolute Gasteiger partial charge is 0.230 e. The van der Waals surface area contributed by atoms with Crippen molar-refractivity contribution in [1.29, 1.82) is 0 Å². The van der Waals surface area contributed by atoms with Gasteiger partial charge in [0.25, 0.3) is 0 Å². The zero-order valence-electron chi connectivity index (χ0n) is 13.8. The number of rotatable bonds is 7. The lowest BCUT2D eigenvalue weighted by Gasteiger charge is -2.15. The second-order valence-electron chi connectivity index (χ2n) is 5.51. The van der Waals surface area contributed by atoms with Gasteiger partial charge in [-0.15, -0.1) is 11.8 Å². The second-order valence-corrected chi connectivity index (χ2v) is 8.27. The monoisotopic (exact) mass is 382 g/mol. The molecule has 5 nitrogen and oxygen atoms in total. The zero-order valence-corrected chi connectivity index (χ0v) is 15.5. The number of amides is 1. The van der Waals surface area contributed by atoms with Gasteiger partial charge in [-0.1, -0.05) is 24.3 Å². The number of hydrogen-bond acceptors (Lipinski definition) is 4. The Bertz CT molecular complexity index is 856. The molecule has 0 heterocycles. The van der Waals surface area contributed by atoms with E-state index in [9.17, 15) is 17.6 Å². The van der Waals surface area contributed by atoms with Gasteiger partial charge in [-0.2, -0.15) is 0 Å². The summed E-state index contributed by atoms with van der Waals surface area (Å²) >= 11 is 1.12. The molecule has 0 spiro atoms. The first-order valence-electron chi connectivity index (χ1n) is 7.49. The summed E-state index contributed by atoms with van der Waals surface area (Å²) in [7, 11) is -3.36. The summed E-state index contributed by atoms with van der Waals surface area (Å²) < 4.78 is 38.5. The molecule has 0 radical (unpaired) electrons. The summed E-state index contributed by atoms with van der Waals surface area (Å²) in [6.45, 7) is 1.80. The van der Waals surface area contributed by atoms with Gasteiger partial charge in [-0.05, 0) is 36.8 Å². The van der Waals surface area contributed by atoms with E-state index < -0.39 is 10.0 Å². The van der Waals surface area contributed by atoms with Crippen molar-refractivity contribution in [2.45, 2.75) is 17.9 Å². The number of carbonyl (C=O) groups excluding carboxylic acids is 1. The molecule has 0 aromatic heterocycles. The average Bonchev–Trinajstić information content (AvgIpc) is 2.52. The molecular formula is C17H19FN2O3S2. The van der Waals surface area contributed by atoms with Crippen LogP contribution in [-0.4, -0.2) is 26.3 Å². The van der Waals surface area contributed by atoms with Gasteiger partial charge in [0.2, 0.25) is 15.9 Å². The molecule has 2 aromatic carbocycles. The highest BCUT2D eigenvalue weighted by atomic mass is 32.2. The molecule has 2 aromatic rings. The number of hydrogen-bond donors (Lipinski definition) is 2. The Morgan fingerprint density at radius 3 is 2.60 bits per heavy atom. The maximum absolute atomic E-state index is 13.5. The molecule has 0 fully saturated rings. The normalized spacial score (nSPS) is 12.4. The molecule has 2 N–H and O–H groups in total. The summed E-state index contributed by atoms with van der Waals surface area (Å²) in [5.41, 5.74) is 1.19. The van der Waals surface area contributed by atoms with Crippen LogP contribution in [0.15, 0.2) is 53.4 Å². The van der Waals surface area contributed by atoms with Crippen molar-refractivity contribution in [3.05, 3.63) is 59.9 Å². The van der Waals surface area contributed by atoms with Crippen LogP contribution in [0.4, 0.5) is 10.1 Å². The van der Waals surface area contributed by atoms with Crippen molar-refractivity contribution in [3.63, 3.8) is 0 Å².